The van der Waals surface area contributed by atoms with Crippen LogP contribution in [0.1, 0.15) is 17.5 Å². The van der Waals surface area contributed by atoms with Crippen LogP contribution in [-0.2, 0) is 22.7 Å². The largest absolute Gasteiger partial charge is 0.496 e. The Morgan fingerprint density at radius 3 is 2.62 bits per heavy atom. The Hall–Kier alpha value is -2.53. The van der Waals surface area contributed by atoms with E-state index < -0.39 is 0 Å². The molecular weight excluding hydrogens is 352 g/mol. The zero-order valence-electron chi connectivity index (χ0n) is 14.6. The van der Waals surface area contributed by atoms with Crippen molar-refractivity contribution in [3.8, 4) is 5.75 Å². The minimum atomic E-state index is -0.348. The van der Waals surface area contributed by atoms with Crippen molar-refractivity contribution in [2.75, 3.05) is 13.7 Å². The second kappa shape index (κ2) is 8.23. The Morgan fingerprint density at radius 1 is 1.19 bits per heavy atom. The quantitative estimate of drug-likeness (QED) is 0.848. The summed E-state index contributed by atoms with van der Waals surface area (Å²) < 4.78 is 5.29. The number of carbonyl (C=O) groups is 2. The summed E-state index contributed by atoms with van der Waals surface area (Å²) in [5.41, 5.74) is 1.79. The molecule has 0 saturated carbocycles. The Bertz CT molecular complexity index is 809. The molecule has 1 aliphatic heterocycles. The van der Waals surface area contributed by atoms with Gasteiger partial charge in [0.2, 0.25) is 11.8 Å². The van der Waals surface area contributed by atoms with Crippen LogP contribution in [0.4, 0.5) is 0 Å². The smallest absolute Gasteiger partial charge is 0.225 e. The van der Waals surface area contributed by atoms with Crippen molar-refractivity contribution in [2.24, 2.45) is 5.92 Å². The van der Waals surface area contributed by atoms with Crippen LogP contribution in [0.3, 0.4) is 0 Å². The molecule has 1 aliphatic rings. The lowest BCUT2D eigenvalue weighted by Crippen LogP contribution is -2.32. The maximum absolute atomic E-state index is 12.5. The molecule has 0 aromatic heterocycles. The summed E-state index contributed by atoms with van der Waals surface area (Å²) in [6, 6.07) is 15.0. The third-order valence-electron chi connectivity index (χ3n) is 4.55. The molecule has 136 valence electrons. The molecule has 0 spiro atoms. The number of halogens is 1. The van der Waals surface area contributed by atoms with Crippen LogP contribution in [0, 0.1) is 5.92 Å². The summed E-state index contributed by atoms with van der Waals surface area (Å²) in [6.45, 7) is 1.20. The predicted octanol–water partition coefficient (Wildman–Crippen LogP) is 3.01. The number of nitrogens with zero attached hydrogens (tertiary/aromatic N) is 1. The van der Waals surface area contributed by atoms with Crippen LogP contribution < -0.4 is 10.1 Å². The monoisotopic (exact) mass is 372 g/mol. The van der Waals surface area contributed by atoms with E-state index in [1.807, 2.05) is 42.5 Å². The SMILES string of the molecule is COc1ccccc1CNC(=O)C1CC(=O)N(Cc2ccccc2Cl)C1. The van der Waals surface area contributed by atoms with E-state index >= 15 is 0 Å². The summed E-state index contributed by atoms with van der Waals surface area (Å²) in [6.07, 6.45) is 0.224. The first kappa shape index (κ1) is 18.3. The molecule has 1 saturated heterocycles. The molecule has 1 atom stereocenters. The maximum Gasteiger partial charge on any atom is 0.225 e. The summed E-state index contributed by atoms with van der Waals surface area (Å²) in [7, 11) is 1.60. The lowest BCUT2D eigenvalue weighted by Gasteiger charge is -2.17. The van der Waals surface area contributed by atoms with Gasteiger partial charge in [-0.2, -0.15) is 0 Å². The number of nitrogens with one attached hydrogen (secondary N) is 1. The normalized spacial score (nSPS) is 16.6. The zero-order chi connectivity index (χ0) is 18.5. The molecule has 1 unspecified atom stereocenters. The minimum Gasteiger partial charge on any atom is -0.496 e. The van der Waals surface area contributed by atoms with E-state index in [1.165, 1.54) is 0 Å². The third-order valence-corrected chi connectivity index (χ3v) is 4.92. The molecule has 2 amide bonds. The van der Waals surface area contributed by atoms with Gasteiger partial charge < -0.3 is 15.0 Å². The Morgan fingerprint density at radius 2 is 1.88 bits per heavy atom. The van der Waals surface area contributed by atoms with Gasteiger partial charge in [-0.3, -0.25) is 9.59 Å². The van der Waals surface area contributed by atoms with Crippen LogP contribution >= 0.6 is 11.6 Å². The molecule has 5 nitrogen and oxygen atoms in total. The Balaban J connectivity index is 1.58. The molecule has 3 rings (SSSR count). The first-order valence-electron chi connectivity index (χ1n) is 8.49. The standard InChI is InChI=1S/C20H21ClN2O3/c1-26-18-9-5-3-6-14(18)11-22-20(25)16-10-19(24)23(13-16)12-15-7-2-4-8-17(15)21/h2-9,16H,10-13H2,1H3,(H,22,25). The third kappa shape index (κ3) is 4.17. The van der Waals surface area contributed by atoms with E-state index in [4.69, 9.17) is 16.3 Å². The number of likely N-dealkylation sites (tertiary alicyclic amines) is 1. The first-order chi connectivity index (χ1) is 12.6. The fraction of sp³-hybridized carbons (Fsp3) is 0.300. The number of para-hydroxylation sites is 1. The number of carbonyl (C=O) groups excluding carboxylic acids is 2. The molecule has 6 heteroatoms. The van der Waals surface area contributed by atoms with E-state index in [1.54, 1.807) is 18.1 Å². The average Bonchev–Trinajstić information content (AvgIpc) is 3.02. The number of rotatable bonds is 6. The van der Waals surface area contributed by atoms with Crippen molar-refractivity contribution in [3.05, 3.63) is 64.7 Å². The second-order valence-electron chi connectivity index (χ2n) is 6.30. The van der Waals surface area contributed by atoms with E-state index in [9.17, 15) is 9.59 Å². The van der Waals surface area contributed by atoms with Crippen molar-refractivity contribution >= 4 is 23.4 Å². The van der Waals surface area contributed by atoms with Gasteiger partial charge in [-0.1, -0.05) is 48.0 Å². The molecule has 1 fully saturated rings. The summed E-state index contributed by atoms with van der Waals surface area (Å²) in [5, 5.41) is 3.54. The molecule has 2 aromatic rings. The van der Waals surface area contributed by atoms with Gasteiger partial charge in [0.25, 0.3) is 0 Å². The molecule has 0 aliphatic carbocycles. The van der Waals surface area contributed by atoms with Gasteiger partial charge in [0.15, 0.2) is 0 Å². The van der Waals surface area contributed by atoms with Crippen LogP contribution in [-0.4, -0.2) is 30.4 Å². The van der Waals surface area contributed by atoms with Gasteiger partial charge in [-0.25, -0.2) is 0 Å². The highest BCUT2D eigenvalue weighted by atomic mass is 35.5. The van der Waals surface area contributed by atoms with E-state index in [0.717, 1.165) is 16.9 Å². The van der Waals surface area contributed by atoms with E-state index in [0.29, 0.717) is 24.7 Å². The van der Waals surface area contributed by atoms with Crippen molar-refractivity contribution in [1.29, 1.82) is 0 Å². The highest BCUT2D eigenvalue weighted by Gasteiger charge is 2.34. The van der Waals surface area contributed by atoms with Gasteiger partial charge in [-0.05, 0) is 17.7 Å². The van der Waals surface area contributed by atoms with Crippen molar-refractivity contribution in [2.45, 2.75) is 19.5 Å². The fourth-order valence-electron chi connectivity index (χ4n) is 3.11. The highest BCUT2D eigenvalue weighted by molar-refractivity contribution is 6.31. The van der Waals surface area contributed by atoms with Crippen molar-refractivity contribution in [3.63, 3.8) is 0 Å². The Kier molecular flexibility index (Phi) is 5.78. The molecule has 0 radical (unpaired) electrons. The summed E-state index contributed by atoms with van der Waals surface area (Å²) in [4.78, 5) is 26.4. The van der Waals surface area contributed by atoms with Crippen LogP contribution in [0.5, 0.6) is 5.75 Å². The van der Waals surface area contributed by atoms with Gasteiger partial charge in [0.05, 0.1) is 13.0 Å². The molecule has 26 heavy (non-hydrogen) atoms. The molecule has 0 bridgehead atoms. The topological polar surface area (TPSA) is 58.6 Å². The minimum absolute atomic E-state index is 0.0256. The lowest BCUT2D eigenvalue weighted by molar-refractivity contribution is -0.129. The predicted molar refractivity (Wildman–Crippen MR) is 99.8 cm³/mol. The van der Waals surface area contributed by atoms with Gasteiger partial charge in [0.1, 0.15) is 5.75 Å². The number of amides is 2. The van der Waals surface area contributed by atoms with Crippen molar-refractivity contribution < 1.29 is 14.3 Å². The Labute approximate surface area is 157 Å². The van der Waals surface area contributed by atoms with E-state index in [2.05, 4.69) is 5.32 Å². The van der Waals surface area contributed by atoms with Gasteiger partial charge >= 0.3 is 0 Å². The maximum atomic E-state index is 12.5. The van der Waals surface area contributed by atoms with Gasteiger partial charge in [0, 0.05) is 36.6 Å². The highest BCUT2D eigenvalue weighted by Crippen LogP contribution is 2.24. The molecule has 1 heterocycles. The lowest BCUT2D eigenvalue weighted by atomic mass is 10.1. The number of hydrogen-bond donors (Lipinski definition) is 1. The van der Waals surface area contributed by atoms with Crippen LogP contribution in [0.15, 0.2) is 48.5 Å². The summed E-state index contributed by atoms with van der Waals surface area (Å²) >= 11 is 6.17. The number of ether oxygens (including phenoxy) is 1. The van der Waals surface area contributed by atoms with Crippen molar-refractivity contribution in [1.82, 2.24) is 10.2 Å². The molecule has 1 N–H and O–H groups in total. The number of benzene rings is 2. The fourth-order valence-corrected chi connectivity index (χ4v) is 3.30. The van der Waals surface area contributed by atoms with Crippen LogP contribution in [0.25, 0.3) is 0 Å². The molecule has 2 aromatic carbocycles. The summed E-state index contributed by atoms with van der Waals surface area (Å²) in [5.74, 6) is 0.239. The first-order valence-corrected chi connectivity index (χ1v) is 8.87. The van der Waals surface area contributed by atoms with Crippen LogP contribution in [0.2, 0.25) is 5.02 Å². The molecular formula is C20H21ClN2O3. The van der Waals surface area contributed by atoms with Gasteiger partial charge in [-0.15, -0.1) is 0 Å². The number of hydrogen-bond acceptors (Lipinski definition) is 3. The average molecular weight is 373 g/mol. The number of methoxy groups -OCH3 is 1. The second-order valence-corrected chi connectivity index (χ2v) is 6.70. The zero-order valence-corrected chi connectivity index (χ0v) is 15.3. The van der Waals surface area contributed by atoms with E-state index in [-0.39, 0.29) is 24.2 Å².